The Kier molecular flexibility index (Phi) is 5.08. The highest BCUT2D eigenvalue weighted by Crippen LogP contribution is 2.28. The van der Waals surface area contributed by atoms with Gasteiger partial charge in [-0.1, -0.05) is 42.1 Å². The van der Waals surface area contributed by atoms with Gasteiger partial charge in [-0.05, 0) is 31.2 Å². The molecule has 4 rings (SSSR count). The van der Waals surface area contributed by atoms with Crippen LogP contribution in [0.3, 0.4) is 0 Å². The molecule has 1 saturated carbocycles. The van der Waals surface area contributed by atoms with Crippen LogP contribution in [0.5, 0.6) is 0 Å². The highest BCUT2D eigenvalue weighted by molar-refractivity contribution is 7.99. The van der Waals surface area contributed by atoms with Crippen LogP contribution in [-0.4, -0.2) is 40.0 Å². The van der Waals surface area contributed by atoms with Crippen LogP contribution < -0.4 is 5.32 Å². The van der Waals surface area contributed by atoms with Crippen LogP contribution in [0.25, 0.3) is 11.3 Å². The number of imidazole rings is 1. The third-order valence-electron chi connectivity index (χ3n) is 4.57. The average molecular weight is 357 g/mol. The monoisotopic (exact) mass is 357 g/mol. The van der Waals surface area contributed by atoms with Crippen LogP contribution in [0.4, 0.5) is 0 Å². The lowest BCUT2D eigenvalue weighted by Crippen LogP contribution is -2.27. The van der Waals surface area contributed by atoms with E-state index in [2.05, 4.69) is 27.0 Å². The maximum absolute atomic E-state index is 12.0. The lowest BCUT2D eigenvalue weighted by atomic mass is 10.1. The number of thioether (sulfide) groups is 1. The highest BCUT2D eigenvalue weighted by atomic mass is 32.2. The first-order chi connectivity index (χ1) is 12.3. The van der Waals surface area contributed by atoms with E-state index in [-0.39, 0.29) is 12.0 Å². The van der Waals surface area contributed by atoms with Crippen molar-refractivity contribution >= 4 is 17.7 Å². The van der Waals surface area contributed by atoms with E-state index in [1.807, 2.05) is 24.4 Å². The predicted molar refractivity (Wildman–Crippen MR) is 98.5 cm³/mol. The Bertz CT molecular complexity index is 722. The second kappa shape index (κ2) is 7.62. The Balaban J connectivity index is 1.52. The van der Waals surface area contributed by atoms with E-state index >= 15 is 0 Å². The molecule has 1 aliphatic heterocycles. The molecule has 1 aromatic carbocycles. The second-order valence-electron chi connectivity index (χ2n) is 6.67. The number of benzene rings is 1. The van der Waals surface area contributed by atoms with Gasteiger partial charge in [0, 0.05) is 12.6 Å². The Morgan fingerprint density at radius 1 is 1.28 bits per heavy atom. The van der Waals surface area contributed by atoms with Crippen molar-refractivity contribution < 1.29 is 9.53 Å². The number of carbonyl (C=O) groups excluding carboxylic acids is 1. The molecule has 2 aliphatic rings. The van der Waals surface area contributed by atoms with Gasteiger partial charge in [0.05, 0.1) is 30.3 Å². The van der Waals surface area contributed by atoms with E-state index in [0.717, 1.165) is 55.2 Å². The molecular formula is C19H23N3O2S. The number of aromatic nitrogens is 2. The van der Waals surface area contributed by atoms with Gasteiger partial charge in [0.25, 0.3) is 0 Å². The number of amides is 1. The standard InChI is InChI=1S/C19H23N3O2S/c23-18(21-15-8-9-15)13-25-19-20-11-17(14-5-2-1-3-6-14)22(19)12-16-7-4-10-24-16/h1-3,5-6,11,15-16H,4,7-10,12-13H2,(H,21,23)/t16-/m0/s1. The summed E-state index contributed by atoms with van der Waals surface area (Å²) in [6.07, 6.45) is 6.57. The maximum atomic E-state index is 12.0. The van der Waals surface area contributed by atoms with Crippen molar-refractivity contribution in [1.82, 2.24) is 14.9 Å². The van der Waals surface area contributed by atoms with Crippen LogP contribution in [0.15, 0.2) is 41.7 Å². The van der Waals surface area contributed by atoms with Crippen LogP contribution in [0.1, 0.15) is 25.7 Å². The van der Waals surface area contributed by atoms with Gasteiger partial charge in [0.2, 0.25) is 5.91 Å². The number of hydrogen-bond donors (Lipinski definition) is 1. The third kappa shape index (κ3) is 4.25. The van der Waals surface area contributed by atoms with E-state index < -0.39 is 0 Å². The summed E-state index contributed by atoms with van der Waals surface area (Å²) in [6, 6.07) is 10.7. The minimum atomic E-state index is 0.0976. The molecule has 1 atom stereocenters. The predicted octanol–water partition coefficient (Wildman–Crippen LogP) is 3.10. The van der Waals surface area contributed by atoms with E-state index in [0.29, 0.717) is 11.8 Å². The molecule has 2 heterocycles. The Morgan fingerprint density at radius 2 is 2.12 bits per heavy atom. The number of rotatable bonds is 7. The van der Waals surface area contributed by atoms with Crippen LogP contribution >= 0.6 is 11.8 Å². The van der Waals surface area contributed by atoms with Gasteiger partial charge in [-0.15, -0.1) is 0 Å². The second-order valence-corrected chi connectivity index (χ2v) is 7.61. The molecule has 0 bridgehead atoms. The van der Waals surface area contributed by atoms with Crippen molar-refractivity contribution in [3.8, 4) is 11.3 Å². The van der Waals surface area contributed by atoms with E-state index in [4.69, 9.17) is 4.74 Å². The summed E-state index contributed by atoms with van der Waals surface area (Å²) in [7, 11) is 0. The first kappa shape index (κ1) is 16.7. The third-order valence-corrected chi connectivity index (χ3v) is 5.56. The molecule has 1 aromatic heterocycles. The molecule has 1 saturated heterocycles. The minimum Gasteiger partial charge on any atom is -0.376 e. The van der Waals surface area contributed by atoms with Gasteiger partial charge in [-0.2, -0.15) is 0 Å². The molecule has 25 heavy (non-hydrogen) atoms. The first-order valence-corrected chi connectivity index (χ1v) is 9.93. The minimum absolute atomic E-state index is 0.0976. The summed E-state index contributed by atoms with van der Waals surface area (Å²) in [5.74, 6) is 0.508. The number of ether oxygens (including phenoxy) is 1. The zero-order valence-electron chi connectivity index (χ0n) is 14.2. The maximum Gasteiger partial charge on any atom is 0.230 e. The summed E-state index contributed by atoms with van der Waals surface area (Å²) in [6.45, 7) is 1.63. The van der Waals surface area contributed by atoms with Crippen molar-refractivity contribution in [2.45, 2.75) is 49.5 Å². The fourth-order valence-electron chi connectivity index (χ4n) is 3.11. The van der Waals surface area contributed by atoms with E-state index in [1.165, 1.54) is 11.8 Å². The lowest BCUT2D eigenvalue weighted by Gasteiger charge is -2.16. The summed E-state index contributed by atoms with van der Waals surface area (Å²) in [5, 5.41) is 3.92. The highest BCUT2D eigenvalue weighted by Gasteiger charge is 2.24. The summed E-state index contributed by atoms with van der Waals surface area (Å²) >= 11 is 1.51. The van der Waals surface area contributed by atoms with Crippen molar-refractivity contribution in [1.29, 1.82) is 0 Å². The molecule has 1 aliphatic carbocycles. The lowest BCUT2D eigenvalue weighted by molar-refractivity contribution is -0.118. The van der Waals surface area contributed by atoms with Crippen molar-refractivity contribution in [3.05, 3.63) is 36.5 Å². The molecular weight excluding hydrogens is 334 g/mol. The molecule has 0 spiro atoms. The quantitative estimate of drug-likeness (QED) is 0.774. The van der Waals surface area contributed by atoms with Crippen LogP contribution in [-0.2, 0) is 16.1 Å². The van der Waals surface area contributed by atoms with Gasteiger partial charge in [0.1, 0.15) is 0 Å². The number of hydrogen-bond acceptors (Lipinski definition) is 4. The summed E-state index contributed by atoms with van der Waals surface area (Å²) in [4.78, 5) is 16.6. The number of nitrogens with zero attached hydrogens (tertiary/aromatic N) is 2. The zero-order chi connectivity index (χ0) is 17.1. The molecule has 1 amide bonds. The number of nitrogens with one attached hydrogen (secondary N) is 1. The van der Waals surface area contributed by atoms with E-state index in [1.54, 1.807) is 0 Å². The Labute approximate surface area is 152 Å². The van der Waals surface area contributed by atoms with Crippen LogP contribution in [0, 0.1) is 0 Å². The topological polar surface area (TPSA) is 56.2 Å². The molecule has 2 aromatic rings. The molecule has 6 heteroatoms. The SMILES string of the molecule is O=C(CSc1ncc(-c2ccccc2)n1C[C@@H]1CCCO1)NC1CC1. The fraction of sp³-hybridized carbons (Fsp3) is 0.474. The zero-order valence-corrected chi connectivity index (χ0v) is 15.0. The van der Waals surface area contributed by atoms with E-state index in [9.17, 15) is 4.79 Å². The van der Waals surface area contributed by atoms with Gasteiger partial charge < -0.3 is 14.6 Å². The fourth-order valence-corrected chi connectivity index (χ4v) is 3.91. The van der Waals surface area contributed by atoms with Gasteiger partial charge >= 0.3 is 0 Å². The first-order valence-electron chi connectivity index (χ1n) is 8.94. The normalized spacial score (nSPS) is 19.9. The molecule has 0 unspecified atom stereocenters. The molecule has 1 N–H and O–H groups in total. The largest absolute Gasteiger partial charge is 0.376 e. The van der Waals surface area contributed by atoms with Crippen LogP contribution in [0.2, 0.25) is 0 Å². The average Bonchev–Trinajstić information content (AvgIpc) is 3.14. The molecule has 2 fully saturated rings. The number of carbonyl (C=O) groups is 1. The Morgan fingerprint density at radius 3 is 2.84 bits per heavy atom. The van der Waals surface area contributed by atoms with Crippen molar-refractivity contribution in [3.63, 3.8) is 0 Å². The molecule has 132 valence electrons. The van der Waals surface area contributed by atoms with Crippen molar-refractivity contribution in [2.75, 3.05) is 12.4 Å². The van der Waals surface area contributed by atoms with Crippen molar-refractivity contribution in [2.24, 2.45) is 0 Å². The summed E-state index contributed by atoms with van der Waals surface area (Å²) in [5.41, 5.74) is 2.23. The molecule has 0 radical (unpaired) electrons. The van der Waals surface area contributed by atoms with Gasteiger partial charge in [-0.25, -0.2) is 4.98 Å². The van der Waals surface area contributed by atoms with Gasteiger partial charge in [-0.3, -0.25) is 4.79 Å². The smallest absolute Gasteiger partial charge is 0.230 e. The summed E-state index contributed by atoms with van der Waals surface area (Å²) < 4.78 is 8.03. The Hall–Kier alpha value is -1.79. The molecule has 5 nitrogen and oxygen atoms in total. The van der Waals surface area contributed by atoms with Gasteiger partial charge in [0.15, 0.2) is 5.16 Å².